The van der Waals surface area contributed by atoms with Crippen LogP contribution < -0.4 is 10.6 Å². The molecule has 0 bridgehead atoms. The van der Waals surface area contributed by atoms with Crippen LogP contribution in [-0.4, -0.2) is 50.1 Å². The molecule has 20 heavy (non-hydrogen) atoms. The van der Waals surface area contributed by atoms with Crippen LogP contribution in [0.4, 0.5) is 0 Å². The number of piperidine rings is 1. The first kappa shape index (κ1) is 17.4. The number of hydrogen-bond acceptors (Lipinski definition) is 3. The van der Waals surface area contributed by atoms with Gasteiger partial charge in [0.25, 0.3) is 0 Å². The largest absolute Gasteiger partial charge is 0.356 e. The summed E-state index contributed by atoms with van der Waals surface area (Å²) in [5.41, 5.74) is -0.107. The Hall–Kier alpha value is -0.610. The molecule has 0 atom stereocenters. The Labute approximate surface area is 124 Å². The summed E-state index contributed by atoms with van der Waals surface area (Å²) >= 11 is 0. The third-order valence-electron chi connectivity index (χ3n) is 4.63. The van der Waals surface area contributed by atoms with Crippen LogP contribution in [-0.2, 0) is 4.79 Å². The predicted molar refractivity (Wildman–Crippen MR) is 84.8 cm³/mol. The first-order valence-electron chi connectivity index (χ1n) is 8.21. The highest BCUT2D eigenvalue weighted by molar-refractivity contribution is 5.82. The highest BCUT2D eigenvalue weighted by Crippen LogP contribution is 2.34. The smallest absolute Gasteiger partial charge is 0.226 e. The summed E-state index contributed by atoms with van der Waals surface area (Å²) in [6.45, 7) is 10.4. The van der Waals surface area contributed by atoms with Gasteiger partial charge in [0.05, 0.1) is 5.41 Å². The van der Waals surface area contributed by atoms with Crippen molar-refractivity contribution in [2.45, 2.75) is 58.9 Å². The van der Waals surface area contributed by atoms with Gasteiger partial charge >= 0.3 is 0 Å². The molecule has 0 unspecified atom stereocenters. The van der Waals surface area contributed by atoms with E-state index in [-0.39, 0.29) is 11.3 Å². The normalized spacial score (nSPS) is 18.5. The Bertz CT molecular complexity index is 280. The van der Waals surface area contributed by atoms with E-state index >= 15 is 0 Å². The summed E-state index contributed by atoms with van der Waals surface area (Å²) in [5.74, 6) is 0.285. The molecule has 0 aromatic carbocycles. The highest BCUT2D eigenvalue weighted by Gasteiger charge is 2.38. The molecule has 0 saturated carbocycles. The third-order valence-corrected chi connectivity index (χ3v) is 4.63. The topological polar surface area (TPSA) is 44.4 Å². The lowest BCUT2D eigenvalue weighted by Gasteiger charge is -2.36. The van der Waals surface area contributed by atoms with Crippen LogP contribution in [0.5, 0.6) is 0 Å². The zero-order valence-corrected chi connectivity index (χ0v) is 13.8. The van der Waals surface area contributed by atoms with Crippen molar-refractivity contribution in [1.82, 2.24) is 15.5 Å². The van der Waals surface area contributed by atoms with Gasteiger partial charge in [-0.1, -0.05) is 13.3 Å². The maximum atomic E-state index is 12.5. The fourth-order valence-corrected chi connectivity index (χ4v) is 2.95. The van der Waals surface area contributed by atoms with Crippen LogP contribution in [0.1, 0.15) is 52.9 Å². The van der Waals surface area contributed by atoms with Gasteiger partial charge in [0, 0.05) is 12.6 Å². The monoisotopic (exact) mass is 283 g/mol. The van der Waals surface area contributed by atoms with Gasteiger partial charge in [0.2, 0.25) is 5.91 Å². The van der Waals surface area contributed by atoms with Crippen LogP contribution in [0.15, 0.2) is 0 Å². The molecule has 1 heterocycles. The second-order valence-corrected chi connectivity index (χ2v) is 6.46. The van der Waals surface area contributed by atoms with Crippen molar-refractivity contribution >= 4 is 5.91 Å². The quantitative estimate of drug-likeness (QED) is 0.670. The van der Waals surface area contributed by atoms with Crippen molar-refractivity contribution < 1.29 is 4.79 Å². The standard InChI is InChI=1S/C16H33N3O/c1-5-7-16(8-11-17-12-9-16)15(20)18-10-6-13-19(4)14(2)3/h14,17H,5-13H2,1-4H3,(H,18,20). The van der Waals surface area contributed by atoms with Gasteiger partial charge in [0.1, 0.15) is 0 Å². The Morgan fingerprint density at radius 3 is 2.55 bits per heavy atom. The van der Waals surface area contributed by atoms with Crippen molar-refractivity contribution in [1.29, 1.82) is 0 Å². The average molecular weight is 283 g/mol. The molecule has 4 heteroatoms. The van der Waals surface area contributed by atoms with Gasteiger partial charge in [-0.3, -0.25) is 4.79 Å². The number of amides is 1. The summed E-state index contributed by atoms with van der Waals surface area (Å²) in [5, 5.41) is 6.54. The molecule has 0 spiro atoms. The number of carbonyl (C=O) groups excluding carboxylic acids is 1. The van der Waals surface area contributed by atoms with Crippen LogP contribution in [0.2, 0.25) is 0 Å². The lowest BCUT2D eigenvalue weighted by molar-refractivity contribution is -0.133. The van der Waals surface area contributed by atoms with E-state index in [0.717, 1.165) is 58.3 Å². The molecule has 0 radical (unpaired) electrons. The minimum atomic E-state index is -0.107. The lowest BCUT2D eigenvalue weighted by Crippen LogP contribution is -2.48. The fourth-order valence-electron chi connectivity index (χ4n) is 2.95. The molecule has 0 aromatic rings. The lowest BCUT2D eigenvalue weighted by atomic mass is 9.74. The van der Waals surface area contributed by atoms with Gasteiger partial charge in [-0.25, -0.2) is 0 Å². The van der Waals surface area contributed by atoms with Crippen molar-refractivity contribution in [2.24, 2.45) is 5.41 Å². The zero-order valence-electron chi connectivity index (χ0n) is 13.8. The van der Waals surface area contributed by atoms with Crippen molar-refractivity contribution in [3.05, 3.63) is 0 Å². The zero-order chi connectivity index (χ0) is 15.0. The summed E-state index contributed by atoms with van der Waals surface area (Å²) in [7, 11) is 2.14. The summed E-state index contributed by atoms with van der Waals surface area (Å²) in [6, 6.07) is 0.571. The average Bonchev–Trinajstić information content (AvgIpc) is 2.44. The van der Waals surface area contributed by atoms with Crippen LogP contribution in [0, 0.1) is 5.41 Å². The Balaban J connectivity index is 2.35. The van der Waals surface area contributed by atoms with E-state index in [1.54, 1.807) is 0 Å². The maximum absolute atomic E-state index is 12.5. The van der Waals surface area contributed by atoms with E-state index in [9.17, 15) is 4.79 Å². The molecule has 2 N–H and O–H groups in total. The van der Waals surface area contributed by atoms with E-state index in [1.807, 2.05) is 0 Å². The maximum Gasteiger partial charge on any atom is 0.226 e. The predicted octanol–water partition coefficient (Wildman–Crippen LogP) is 2.00. The van der Waals surface area contributed by atoms with Crippen LogP contribution in [0.3, 0.4) is 0 Å². The molecule has 0 aliphatic carbocycles. The fraction of sp³-hybridized carbons (Fsp3) is 0.938. The first-order chi connectivity index (χ1) is 9.52. The van der Waals surface area contributed by atoms with Crippen LogP contribution >= 0.6 is 0 Å². The summed E-state index contributed by atoms with van der Waals surface area (Å²) in [4.78, 5) is 14.9. The third kappa shape index (κ3) is 5.06. The summed E-state index contributed by atoms with van der Waals surface area (Å²) in [6.07, 6.45) is 5.11. The van der Waals surface area contributed by atoms with E-state index in [0.29, 0.717) is 6.04 Å². The Morgan fingerprint density at radius 2 is 2.00 bits per heavy atom. The van der Waals surface area contributed by atoms with E-state index in [4.69, 9.17) is 0 Å². The molecule has 0 aromatic heterocycles. The molecular formula is C16H33N3O. The number of carbonyl (C=O) groups is 1. The SMILES string of the molecule is CCCC1(C(=O)NCCCN(C)C(C)C)CCNCC1. The van der Waals surface area contributed by atoms with Gasteiger partial charge in [-0.2, -0.15) is 0 Å². The van der Waals surface area contributed by atoms with Gasteiger partial charge in [-0.15, -0.1) is 0 Å². The van der Waals surface area contributed by atoms with E-state index in [2.05, 4.69) is 43.4 Å². The number of nitrogens with one attached hydrogen (secondary N) is 2. The van der Waals surface area contributed by atoms with Crippen LogP contribution in [0.25, 0.3) is 0 Å². The van der Waals surface area contributed by atoms with E-state index in [1.165, 1.54) is 0 Å². The summed E-state index contributed by atoms with van der Waals surface area (Å²) < 4.78 is 0. The number of rotatable bonds is 8. The molecule has 1 aliphatic rings. The molecule has 1 aliphatic heterocycles. The first-order valence-corrected chi connectivity index (χ1v) is 8.21. The number of nitrogens with zero attached hydrogens (tertiary/aromatic N) is 1. The minimum absolute atomic E-state index is 0.107. The van der Waals surface area contributed by atoms with Crippen molar-refractivity contribution in [3.63, 3.8) is 0 Å². The van der Waals surface area contributed by atoms with Gasteiger partial charge < -0.3 is 15.5 Å². The molecule has 1 fully saturated rings. The molecule has 4 nitrogen and oxygen atoms in total. The number of hydrogen-bond donors (Lipinski definition) is 2. The van der Waals surface area contributed by atoms with E-state index < -0.39 is 0 Å². The molecule has 118 valence electrons. The molecule has 1 saturated heterocycles. The highest BCUT2D eigenvalue weighted by atomic mass is 16.2. The van der Waals surface area contributed by atoms with Crippen molar-refractivity contribution in [2.75, 3.05) is 33.2 Å². The Kier molecular flexibility index (Phi) is 7.52. The van der Waals surface area contributed by atoms with Crippen molar-refractivity contribution in [3.8, 4) is 0 Å². The second kappa shape index (κ2) is 8.63. The van der Waals surface area contributed by atoms with Gasteiger partial charge in [0.15, 0.2) is 0 Å². The second-order valence-electron chi connectivity index (χ2n) is 6.46. The molecule has 1 amide bonds. The minimum Gasteiger partial charge on any atom is -0.356 e. The Morgan fingerprint density at radius 1 is 1.35 bits per heavy atom. The molecule has 1 rings (SSSR count). The van der Waals surface area contributed by atoms with Gasteiger partial charge in [-0.05, 0) is 66.2 Å². The molecular weight excluding hydrogens is 250 g/mol.